The molecule has 0 fully saturated rings. The number of ether oxygens (including phenoxy) is 1. The van der Waals surface area contributed by atoms with Crippen LogP contribution in [0.4, 0.5) is 0 Å². The van der Waals surface area contributed by atoms with E-state index < -0.39 is 11.8 Å². The van der Waals surface area contributed by atoms with Crippen molar-refractivity contribution in [3.05, 3.63) is 32.2 Å². The normalized spacial score (nSPS) is 10.0. The van der Waals surface area contributed by atoms with Crippen molar-refractivity contribution in [2.45, 2.75) is 13.8 Å². The molecular weight excluding hydrogens is 340 g/mol. The van der Waals surface area contributed by atoms with E-state index in [1.807, 2.05) is 6.92 Å². The molecule has 3 nitrogen and oxygen atoms in total. The summed E-state index contributed by atoms with van der Waals surface area (Å²) in [5, 5.41) is 0. The molecule has 1 aromatic carbocycles. The topological polar surface area (TPSA) is 43.4 Å². The van der Waals surface area contributed by atoms with Gasteiger partial charge in [0.05, 0.1) is 6.61 Å². The molecule has 0 radical (unpaired) electrons. The Morgan fingerprint density at radius 2 is 1.88 bits per heavy atom. The Balaban J connectivity index is 3.09. The summed E-state index contributed by atoms with van der Waals surface area (Å²) >= 11 is 6.56. The molecule has 0 heterocycles. The van der Waals surface area contributed by atoms with Crippen molar-refractivity contribution in [2.75, 3.05) is 6.61 Å². The van der Waals surface area contributed by atoms with Crippen molar-refractivity contribution >= 4 is 43.6 Å². The first-order valence-corrected chi connectivity index (χ1v) is 6.23. The Labute approximate surface area is 110 Å². The maximum absolute atomic E-state index is 11.7. The summed E-state index contributed by atoms with van der Waals surface area (Å²) in [6.45, 7) is 3.74. The highest BCUT2D eigenvalue weighted by Gasteiger charge is 2.20. The molecule has 0 saturated heterocycles. The lowest BCUT2D eigenvalue weighted by Crippen LogP contribution is -2.18. The van der Waals surface area contributed by atoms with Crippen molar-refractivity contribution in [2.24, 2.45) is 0 Å². The van der Waals surface area contributed by atoms with Crippen molar-refractivity contribution in [1.29, 1.82) is 0 Å². The van der Waals surface area contributed by atoms with Crippen LogP contribution in [0.3, 0.4) is 0 Å². The number of benzene rings is 1. The summed E-state index contributed by atoms with van der Waals surface area (Å²) in [5.74, 6) is -1.48. The van der Waals surface area contributed by atoms with Crippen molar-refractivity contribution in [3.8, 4) is 0 Å². The average Bonchev–Trinajstić information content (AvgIpc) is 2.23. The first kappa shape index (κ1) is 13.4. The van der Waals surface area contributed by atoms with Crippen LogP contribution < -0.4 is 0 Å². The number of carbonyl (C=O) groups is 2. The number of hydrogen-bond donors (Lipinski definition) is 0. The third-order valence-electron chi connectivity index (χ3n) is 1.95. The number of ketones is 1. The zero-order valence-corrected chi connectivity index (χ0v) is 12.0. The molecule has 0 spiro atoms. The molecule has 0 bridgehead atoms. The van der Waals surface area contributed by atoms with Gasteiger partial charge in [-0.15, -0.1) is 0 Å². The lowest BCUT2D eigenvalue weighted by atomic mass is 10.1. The van der Waals surface area contributed by atoms with Gasteiger partial charge in [0.25, 0.3) is 5.78 Å². The van der Waals surface area contributed by atoms with Gasteiger partial charge in [-0.3, -0.25) is 4.79 Å². The average molecular weight is 350 g/mol. The van der Waals surface area contributed by atoms with Crippen molar-refractivity contribution in [1.82, 2.24) is 0 Å². The van der Waals surface area contributed by atoms with E-state index in [0.29, 0.717) is 10.0 Å². The molecule has 0 aromatic heterocycles. The monoisotopic (exact) mass is 348 g/mol. The van der Waals surface area contributed by atoms with Gasteiger partial charge in [-0.1, -0.05) is 31.9 Å². The van der Waals surface area contributed by atoms with Gasteiger partial charge in [0.2, 0.25) is 0 Å². The van der Waals surface area contributed by atoms with Crippen molar-refractivity contribution in [3.63, 3.8) is 0 Å². The summed E-state index contributed by atoms with van der Waals surface area (Å²) in [6.07, 6.45) is 0. The van der Waals surface area contributed by atoms with Gasteiger partial charge < -0.3 is 4.74 Å². The number of esters is 1. The molecule has 0 aliphatic carbocycles. The smallest absolute Gasteiger partial charge is 0.379 e. The third kappa shape index (κ3) is 2.92. The van der Waals surface area contributed by atoms with E-state index in [4.69, 9.17) is 0 Å². The summed E-state index contributed by atoms with van der Waals surface area (Å²) in [4.78, 5) is 23.0. The minimum absolute atomic E-state index is 0.190. The van der Waals surface area contributed by atoms with Gasteiger partial charge in [-0.25, -0.2) is 4.79 Å². The largest absolute Gasteiger partial charge is 0.460 e. The van der Waals surface area contributed by atoms with Crippen LogP contribution in [0.15, 0.2) is 21.1 Å². The molecule has 0 aliphatic rings. The molecule has 1 rings (SSSR count). The molecule has 0 saturated carbocycles. The maximum Gasteiger partial charge on any atom is 0.379 e. The third-order valence-corrected chi connectivity index (χ3v) is 3.46. The molecule has 0 aliphatic heterocycles. The molecule has 0 N–H and O–H groups in total. The molecule has 86 valence electrons. The van der Waals surface area contributed by atoms with Crippen LogP contribution in [0.2, 0.25) is 0 Å². The fourth-order valence-electron chi connectivity index (χ4n) is 1.13. The quantitative estimate of drug-likeness (QED) is 0.478. The SMILES string of the molecule is CCOC(=O)C(=O)c1cc(Br)c(C)cc1Br. The van der Waals surface area contributed by atoms with E-state index in [1.54, 1.807) is 19.1 Å². The van der Waals surface area contributed by atoms with Crippen LogP contribution in [0.1, 0.15) is 22.8 Å². The number of hydrogen-bond acceptors (Lipinski definition) is 3. The van der Waals surface area contributed by atoms with Crippen LogP contribution >= 0.6 is 31.9 Å². The van der Waals surface area contributed by atoms with E-state index in [0.717, 1.165) is 10.0 Å². The minimum atomic E-state index is -0.834. The second-order valence-electron chi connectivity index (χ2n) is 3.13. The molecule has 0 amide bonds. The first-order valence-electron chi connectivity index (χ1n) is 4.64. The van der Waals surface area contributed by atoms with E-state index in [2.05, 4.69) is 36.6 Å². The zero-order valence-electron chi connectivity index (χ0n) is 8.84. The van der Waals surface area contributed by atoms with Crippen LogP contribution in [0, 0.1) is 6.92 Å². The van der Waals surface area contributed by atoms with E-state index in [9.17, 15) is 9.59 Å². The molecule has 0 unspecified atom stereocenters. The van der Waals surface area contributed by atoms with Crippen LogP contribution in [-0.4, -0.2) is 18.4 Å². The minimum Gasteiger partial charge on any atom is -0.460 e. The number of rotatable bonds is 3. The second-order valence-corrected chi connectivity index (χ2v) is 4.84. The number of carbonyl (C=O) groups excluding carboxylic acids is 2. The van der Waals surface area contributed by atoms with Gasteiger partial charge in [-0.2, -0.15) is 0 Å². The number of aryl methyl sites for hydroxylation is 1. The summed E-state index contributed by atoms with van der Waals surface area (Å²) in [6, 6.07) is 3.38. The molecule has 1 aromatic rings. The molecule has 16 heavy (non-hydrogen) atoms. The lowest BCUT2D eigenvalue weighted by molar-refractivity contribution is -0.137. The molecule has 5 heteroatoms. The van der Waals surface area contributed by atoms with E-state index >= 15 is 0 Å². The van der Waals surface area contributed by atoms with Gasteiger partial charge in [-0.05, 0) is 31.5 Å². The van der Waals surface area contributed by atoms with Gasteiger partial charge in [0.1, 0.15) is 0 Å². The number of Topliss-reactive ketones (excluding diaryl/α,β-unsaturated/α-hetero) is 1. The van der Waals surface area contributed by atoms with Crippen molar-refractivity contribution < 1.29 is 14.3 Å². The zero-order chi connectivity index (χ0) is 12.3. The summed E-state index contributed by atoms with van der Waals surface area (Å²) < 4.78 is 6.03. The lowest BCUT2D eigenvalue weighted by Gasteiger charge is -2.06. The predicted octanol–water partition coefficient (Wildman–Crippen LogP) is 3.27. The Morgan fingerprint density at radius 3 is 2.44 bits per heavy atom. The van der Waals surface area contributed by atoms with Gasteiger partial charge in [0, 0.05) is 14.5 Å². The second kappa shape index (κ2) is 5.59. The fraction of sp³-hybridized carbons (Fsp3) is 0.273. The van der Waals surface area contributed by atoms with Crippen LogP contribution in [0.25, 0.3) is 0 Å². The molecule has 0 atom stereocenters. The first-order chi connectivity index (χ1) is 7.47. The highest BCUT2D eigenvalue weighted by molar-refractivity contribution is 9.11. The predicted molar refractivity (Wildman–Crippen MR) is 67.5 cm³/mol. The van der Waals surface area contributed by atoms with Gasteiger partial charge in [0.15, 0.2) is 0 Å². The van der Waals surface area contributed by atoms with Gasteiger partial charge >= 0.3 is 5.97 Å². The maximum atomic E-state index is 11.7. The van der Waals surface area contributed by atoms with E-state index in [1.165, 1.54) is 0 Å². The Hall–Kier alpha value is -0.680. The van der Waals surface area contributed by atoms with Crippen LogP contribution in [-0.2, 0) is 9.53 Å². The fourth-order valence-corrected chi connectivity index (χ4v) is 2.11. The Kier molecular flexibility index (Phi) is 4.68. The highest BCUT2D eigenvalue weighted by atomic mass is 79.9. The van der Waals surface area contributed by atoms with E-state index in [-0.39, 0.29) is 6.61 Å². The summed E-state index contributed by atoms with van der Waals surface area (Å²) in [5.41, 5.74) is 1.28. The molecular formula is C11H10Br2O3. The Bertz CT molecular complexity index is 441. The standard InChI is InChI=1S/C11H10Br2O3/c1-3-16-11(15)10(14)7-5-8(12)6(2)4-9(7)13/h4-5H,3H2,1-2H3. The highest BCUT2D eigenvalue weighted by Crippen LogP contribution is 2.26. The number of halogens is 2. The Morgan fingerprint density at radius 1 is 1.25 bits per heavy atom. The van der Waals surface area contributed by atoms with Crippen LogP contribution in [0.5, 0.6) is 0 Å². The summed E-state index contributed by atoms with van der Waals surface area (Å²) in [7, 11) is 0.